The smallest absolute Gasteiger partial charge is 0.143 e. The zero-order valence-corrected chi connectivity index (χ0v) is 11.6. The van der Waals surface area contributed by atoms with Gasteiger partial charge in [-0.25, -0.2) is 0 Å². The topological polar surface area (TPSA) is 51.6 Å². The molecule has 1 rings (SSSR count). The fourth-order valence-electron chi connectivity index (χ4n) is 2.24. The van der Waals surface area contributed by atoms with Gasteiger partial charge < -0.3 is 14.6 Å². The van der Waals surface area contributed by atoms with Crippen LogP contribution in [0.5, 0.6) is 5.75 Å². The van der Waals surface area contributed by atoms with Gasteiger partial charge in [0.1, 0.15) is 17.5 Å². The first-order chi connectivity index (χ1) is 8.65. The van der Waals surface area contributed by atoms with Crippen LogP contribution in [0.3, 0.4) is 0 Å². The third kappa shape index (κ3) is 2.82. The summed E-state index contributed by atoms with van der Waals surface area (Å²) in [6.45, 7) is 6.52. The maximum Gasteiger partial charge on any atom is 0.143 e. The Morgan fingerprint density at radius 2 is 2.00 bits per heavy atom. The molecule has 0 spiro atoms. The Morgan fingerprint density at radius 3 is 2.50 bits per heavy atom. The molecule has 4 heteroatoms. The summed E-state index contributed by atoms with van der Waals surface area (Å²) in [6.07, 6.45) is 2.31. The highest BCUT2D eigenvalue weighted by Crippen LogP contribution is 2.37. The van der Waals surface area contributed by atoms with Crippen molar-refractivity contribution in [3.05, 3.63) is 24.0 Å². The van der Waals surface area contributed by atoms with E-state index in [9.17, 15) is 5.11 Å². The van der Waals surface area contributed by atoms with E-state index in [0.717, 1.165) is 12.8 Å². The van der Waals surface area contributed by atoms with Crippen molar-refractivity contribution in [2.24, 2.45) is 0 Å². The maximum absolute atomic E-state index is 10.6. The van der Waals surface area contributed by atoms with Crippen molar-refractivity contribution in [3.8, 4) is 5.75 Å². The Labute approximate surface area is 109 Å². The van der Waals surface area contributed by atoms with Crippen LogP contribution in [0.15, 0.2) is 18.3 Å². The molecule has 0 aliphatic heterocycles. The van der Waals surface area contributed by atoms with E-state index in [-0.39, 0.29) is 0 Å². The first-order valence-corrected chi connectivity index (χ1v) is 6.46. The Bertz CT molecular complexity index is 364. The number of ether oxygens (including phenoxy) is 2. The summed E-state index contributed by atoms with van der Waals surface area (Å²) in [5, 5.41) is 10.6. The lowest BCUT2D eigenvalue weighted by Gasteiger charge is -2.36. The van der Waals surface area contributed by atoms with Gasteiger partial charge in [0.2, 0.25) is 0 Å². The number of aliphatic hydroxyl groups is 1. The number of nitrogens with zero attached hydrogens (tertiary/aromatic N) is 1. The minimum Gasteiger partial charge on any atom is -0.495 e. The zero-order chi connectivity index (χ0) is 13.6. The van der Waals surface area contributed by atoms with Gasteiger partial charge in [-0.3, -0.25) is 4.98 Å². The fraction of sp³-hybridized carbons (Fsp3) is 0.643. The molecule has 0 aliphatic carbocycles. The number of rotatable bonds is 7. The van der Waals surface area contributed by atoms with Gasteiger partial charge in [-0.2, -0.15) is 0 Å². The monoisotopic (exact) mass is 253 g/mol. The van der Waals surface area contributed by atoms with Crippen LogP contribution in [0.25, 0.3) is 0 Å². The molecule has 1 aromatic heterocycles. The lowest BCUT2D eigenvalue weighted by Crippen LogP contribution is -2.39. The Hall–Kier alpha value is -1.13. The number of aliphatic hydroxyl groups excluding tert-OH is 1. The fourth-order valence-corrected chi connectivity index (χ4v) is 2.24. The van der Waals surface area contributed by atoms with E-state index in [1.54, 1.807) is 25.4 Å². The minimum absolute atomic E-state index is 0.539. The molecule has 0 aliphatic rings. The summed E-state index contributed by atoms with van der Waals surface area (Å²) < 4.78 is 11.0. The van der Waals surface area contributed by atoms with Gasteiger partial charge in [-0.05, 0) is 31.9 Å². The second-order valence-corrected chi connectivity index (χ2v) is 4.20. The molecule has 1 atom stereocenters. The summed E-state index contributed by atoms with van der Waals surface area (Å²) in [4.78, 5) is 4.24. The maximum atomic E-state index is 10.6. The van der Waals surface area contributed by atoms with Crippen LogP contribution in [0, 0.1) is 0 Å². The molecule has 102 valence electrons. The van der Waals surface area contributed by atoms with E-state index < -0.39 is 11.7 Å². The second-order valence-electron chi connectivity index (χ2n) is 4.20. The van der Waals surface area contributed by atoms with E-state index in [1.807, 2.05) is 20.8 Å². The van der Waals surface area contributed by atoms with E-state index in [0.29, 0.717) is 18.1 Å². The molecular formula is C14H23NO3. The zero-order valence-electron chi connectivity index (χ0n) is 11.6. The number of aromatic nitrogens is 1. The predicted octanol–water partition coefficient (Wildman–Crippen LogP) is 2.72. The summed E-state index contributed by atoms with van der Waals surface area (Å²) in [5.41, 5.74) is -0.0618. The highest BCUT2D eigenvalue weighted by molar-refractivity contribution is 5.30. The van der Waals surface area contributed by atoms with Crippen LogP contribution in [0.1, 0.15) is 45.4 Å². The molecule has 1 heterocycles. The Kier molecular flexibility index (Phi) is 5.56. The summed E-state index contributed by atoms with van der Waals surface area (Å²) in [6, 6.07) is 3.59. The lowest BCUT2D eigenvalue weighted by atomic mass is 9.87. The molecule has 0 saturated heterocycles. The molecule has 0 bridgehead atoms. The molecule has 0 amide bonds. The van der Waals surface area contributed by atoms with Gasteiger partial charge in [0.15, 0.2) is 0 Å². The summed E-state index contributed by atoms with van der Waals surface area (Å²) in [7, 11) is 1.58. The van der Waals surface area contributed by atoms with E-state index >= 15 is 0 Å². The van der Waals surface area contributed by atoms with Gasteiger partial charge in [0.05, 0.1) is 12.7 Å². The van der Waals surface area contributed by atoms with Crippen LogP contribution in [0.4, 0.5) is 0 Å². The van der Waals surface area contributed by atoms with Crippen LogP contribution < -0.4 is 4.74 Å². The van der Waals surface area contributed by atoms with E-state index in [4.69, 9.17) is 9.47 Å². The van der Waals surface area contributed by atoms with Gasteiger partial charge in [-0.15, -0.1) is 0 Å². The SMILES string of the molecule is CCOC(CC)(CC)C(O)c1ncccc1OC. The van der Waals surface area contributed by atoms with Crippen LogP contribution in [-0.2, 0) is 4.74 Å². The Balaban J connectivity index is 3.12. The second kappa shape index (κ2) is 6.71. The molecule has 1 unspecified atom stereocenters. The van der Waals surface area contributed by atoms with Crippen molar-refractivity contribution in [2.75, 3.05) is 13.7 Å². The number of pyridine rings is 1. The van der Waals surface area contributed by atoms with E-state index in [2.05, 4.69) is 4.98 Å². The lowest BCUT2D eigenvalue weighted by molar-refractivity contribution is -0.129. The normalized spacial score (nSPS) is 13.4. The van der Waals surface area contributed by atoms with Gasteiger partial charge in [0.25, 0.3) is 0 Å². The van der Waals surface area contributed by atoms with Crippen molar-refractivity contribution in [2.45, 2.75) is 45.3 Å². The molecule has 0 saturated carbocycles. The highest BCUT2D eigenvalue weighted by atomic mass is 16.5. The standard InChI is InChI=1S/C14H23NO3/c1-5-14(6-2,18-7-3)13(16)12-11(17-4)9-8-10-15-12/h8-10,13,16H,5-7H2,1-4H3. The van der Waals surface area contributed by atoms with Crippen LogP contribution >= 0.6 is 0 Å². The Morgan fingerprint density at radius 1 is 1.33 bits per heavy atom. The quantitative estimate of drug-likeness (QED) is 0.811. The molecule has 0 fully saturated rings. The molecule has 0 aromatic carbocycles. The third-order valence-electron chi connectivity index (χ3n) is 3.41. The summed E-state index contributed by atoms with van der Waals surface area (Å²) >= 11 is 0. The minimum atomic E-state index is -0.788. The number of hydrogen-bond acceptors (Lipinski definition) is 4. The molecule has 1 N–H and O–H groups in total. The molecule has 0 radical (unpaired) electrons. The number of methoxy groups -OCH3 is 1. The van der Waals surface area contributed by atoms with Crippen molar-refractivity contribution < 1.29 is 14.6 Å². The van der Waals surface area contributed by atoms with Crippen molar-refractivity contribution >= 4 is 0 Å². The molecule has 4 nitrogen and oxygen atoms in total. The average Bonchev–Trinajstić information content (AvgIpc) is 2.44. The van der Waals surface area contributed by atoms with Gasteiger partial charge in [-0.1, -0.05) is 13.8 Å². The summed E-state index contributed by atoms with van der Waals surface area (Å²) in [5.74, 6) is 0.593. The molecular weight excluding hydrogens is 230 g/mol. The largest absolute Gasteiger partial charge is 0.495 e. The van der Waals surface area contributed by atoms with Crippen LogP contribution in [-0.4, -0.2) is 29.4 Å². The first-order valence-electron chi connectivity index (χ1n) is 6.46. The van der Waals surface area contributed by atoms with Crippen LogP contribution in [0.2, 0.25) is 0 Å². The van der Waals surface area contributed by atoms with Gasteiger partial charge >= 0.3 is 0 Å². The first kappa shape index (κ1) is 14.9. The molecule has 18 heavy (non-hydrogen) atoms. The predicted molar refractivity (Wildman–Crippen MR) is 70.7 cm³/mol. The van der Waals surface area contributed by atoms with Gasteiger partial charge in [0, 0.05) is 12.8 Å². The van der Waals surface area contributed by atoms with Crippen molar-refractivity contribution in [1.82, 2.24) is 4.98 Å². The average molecular weight is 253 g/mol. The highest BCUT2D eigenvalue weighted by Gasteiger charge is 2.38. The van der Waals surface area contributed by atoms with Crippen molar-refractivity contribution in [3.63, 3.8) is 0 Å². The van der Waals surface area contributed by atoms with Crippen molar-refractivity contribution in [1.29, 1.82) is 0 Å². The third-order valence-corrected chi connectivity index (χ3v) is 3.41. The van der Waals surface area contributed by atoms with E-state index in [1.165, 1.54) is 0 Å². The molecule has 1 aromatic rings. The number of hydrogen-bond donors (Lipinski definition) is 1.